The summed E-state index contributed by atoms with van der Waals surface area (Å²) in [6.07, 6.45) is 1.75. The first-order chi connectivity index (χ1) is 6.33. The monoisotopic (exact) mass is 203 g/mol. The Hall–Kier alpha value is 0.270. The van der Waals surface area contributed by atoms with Gasteiger partial charge in [0.1, 0.15) is 0 Å². The molecule has 2 nitrogen and oxygen atoms in total. The molecule has 0 spiro atoms. The largest absolute Gasteiger partial charge is 0.377 e. The van der Waals surface area contributed by atoms with E-state index in [1.165, 1.54) is 24.5 Å². The maximum atomic E-state index is 5.44. The van der Waals surface area contributed by atoms with Crippen molar-refractivity contribution in [2.24, 2.45) is 5.92 Å². The molecule has 0 bridgehead atoms. The first kappa shape index (κ1) is 11.3. The van der Waals surface area contributed by atoms with Gasteiger partial charge in [-0.2, -0.15) is 11.8 Å². The van der Waals surface area contributed by atoms with E-state index in [1.54, 1.807) is 0 Å². The van der Waals surface area contributed by atoms with Gasteiger partial charge in [-0.05, 0) is 44.2 Å². The molecule has 0 aromatic rings. The van der Waals surface area contributed by atoms with Gasteiger partial charge >= 0.3 is 0 Å². The van der Waals surface area contributed by atoms with Gasteiger partial charge in [0, 0.05) is 13.2 Å². The molecular formula is C10H21NOS. The molecule has 3 heteroatoms. The van der Waals surface area contributed by atoms with Crippen LogP contribution in [-0.2, 0) is 4.74 Å². The van der Waals surface area contributed by atoms with Crippen molar-refractivity contribution in [2.75, 3.05) is 31.2 Å². The summed E-state index contributed by atoms with van der Waals surface area (Å²) >= 11 is 2.08. The van der Waals surface area contributed by atoms with Gasteiger partial charge in [0.2, 0.25) is 0 Å². The Morgan fingerprint density at radius 3 is 3.08 bits per heavy atom. The molecule has 2 unspecified atom stereocenters. The molecule has 78 valence electrons. The number of thioether (sulfide) groups is 1. The molecule has 1 aliphatic heterocycles. The van der Waals surface area contributed by atoms with E-state index in [0.717, 1.165) is 19.1 Å². The van der Waals surface area contributed by atoms with Gasteiger partial charge in [-0.15, -0.1) is 0 Å². The maximum Gasteiger partial charge on any atom is 0.0671 e. The van der Waals surface area contributed by atoms with Gasteiger partial charge < -0.3 is 10.1 Å². The summed E-state index contributed by atoms with van der Waals surface area (Å²) in [7, 11) is 0. The van der Waals surface area contributed by atoms with Crippen molar-refractivity contribution in [3.8, 4) is 0 Å². The first-order valence-corrected chi connectivity index (χ1v) is 6.38. The Labute approximate surface area is 85.8 Å². The molecule has 0 amide bonds. The average Bonchev–Trinajstić information content (AvgIpc) is 2.57. The minimum Gasteiger partial charge on any atom is -0.377 e. The molecule has 1 rings (SSSR count). The van der Waals surface area contributed by atoms with Gasteiger partial charge in [-0.25, -0.2) is 0 Å². The molecule has 0 aromatic heterocycles. The molecule has 1 aliphatic rings. The van der Waals surface area contributed by atoms with Gasteiger partial charge in [0.15, 0.2) is 0 Å². The molecule has 2 atom stereocenters. The predicted molar refractivity (Wildman–Crippen MR) is 59.4 cm³/mol. The summed E-state index contributed by atoms with van der Waals surface area (Å²) in [5.74, 6) is 3.60. The van der Waals surface area contributed by atoms with Crippen molar-refractivity contribution in [3.63, 3.8) is 0 Å². The van der Waals surface area contributed by atoms with E-state index < -0.39 is 0 Å². The quantitative estimate of drug-likeness (QED) is 0.710. The molecule has 0 aromatic carbocycles. The Morgan fingerprint density at radius 1 is 1.62 bits per heavy atom. The maximum absolute atomic E-state index is 5.44. The van der Waals surface area contributed by atoms with E-state index in [-0.39, 0.29) is 0 Å². The number of nitrogens with one attached hydrogen (secondary N) is 1. The third-order valence-corrected chi connectivity index (χ3v) is 3.57. The van der Waals surface area contributed by atoms with Crippen molar-refractivity contribution >= 4 is 11.8 Å². The Kier molecular flexibility index (Phi) is 5.83. The summed E-state index contributed by atoms with van der Waals surface area (Å²) in [6.45, 7) is 7.16. The Morgan fingerprint density at radius 2 is 2.46 bits per heavy atom. The highest BCUT2D eigenvalue weighted by molar-refractivity contribution is 7.99. The lowest BCUT2D eigenvalue weighted by Crippen LogP contribution is -2.31. The van der Waals surface area contributed by atoms with Crippen molar-refractivity contribution in [1.82, 2.24) is 5.32 Å². The number of ether oxygens (including phenoxy) is 1. The third-order valence-electron chi connectivity index (χ3n) is 2.34. The normalized spacial score (nSPS) is 24.9. The molecular weight excluding hydrogens is 182 g/mol. The third kappa shape index (κ3) is 4.89. The molecule has 1 saturated heterocycles. The van der Waals surface area contributed by atoms with Crippen LogP contribution in [0, 0.1) is 5.92 Å². The zero-order valence-electron chi connectivity index (χ0n) is 8.71. The van der Waals surface area contributed by atoms with E-state index in [4.69, 9.17) is 4.74 Å². The van der Waals surface area contributed by atoms with E-state index >= 15 is 0 Å². The van der Waals surface area contributed by atoms with E-state index in [0.29, 0.717) is 6.10 Å². The SMILES string of the molecule is CCOC(C)CNCC1CCSC1. The molecule has 13 heavy (non-hydrogen) atoms. The number of hydrogen-bond donors (Lipinski definition) is 1. The Bertz CT molecular complexity index is 126. The first-order valence-electron chi connectivity index (χ1n) is 5.23. The van der Waals surface area contributed by atoms with Crippen LogP contribution >= 0.6 is 11.8 Å². The number of rotatable bonds is 6. The summed E-state index contributed by atoms with van der Waals surface area (Å²) in [5, 5.41) is 3.47. The zero-order valence-corrected chi connectivity index (χ0v) is 9.53. The summed E-state index contributed by atoms with van der Waals surface area (Å²) in [6, 6.07) is 0. The lowest BCUT2D eigenvalue weighted by Gasteiger charge is -2.14. The molecule has 1 fully saturated rings. The van der Waals surface area contributed by atoms with E-state index in [2.05, 4.69) is 24.0 Å². The van der Waals surface area contributed by atoms with Crippen LogP contribution in [0.4, 0.5) is 0 Å². The van der Waals surface area contributed by atoms with Crippen molar-refractivity contribution < 1.29 is 4.74 Å². The van der Waals surface area contributed by atoms with Gasteiger partial charge in [-0.3, -0.25) is 0 Å². The lowest BCUT2D eigenvalue weighted by atomic mass is 10.1. The second-order valence-corrected chi connectivity index (χ2v) is 4.80. The summed E-state index contributed by atoms with van der Waals surface area (Å²) in [5.41, 5.74) is 0. The van der Waals surface area contributed by atoms with Crippen LogP contribution < -0.4 is 5.32 Å². The molecule has 1 heterocycles. The fraction of sp³-hybridized carbons (Fsp3) is 1.00. The van der Waals surface area contributed by atoms with Crippen LogP contribution in [-0.4, -0.2) is 37.3 Å². The minimum atomic E-state index is 0.360. The van der Waals surface area contributed by atoms with Crippen LogP contribution in [0.5, 0.6) is 0 Å². The van der Waals surface area contributed by atoms with Crippen molar-refractivity contribution in [2.45, 2.75) is 26.4 Å². The molecule has 1 N–H and O–H groups in total. The Balaban J connectivity index is 1.93. The lowest BCUT2D eigenvalue weighted by molar-refractivity contribution is 0.0756. The average molecular weight is 203 g/mol. The van der Waals surface area contributed by atoms with E-state index in [9.17, 15) is 0 Å². The van der Waals surface area contributed by atoms with Crippen LogP contribution in [0.25, 0.3) is 0 Å². The summed E-state index contributed by atoms with van der Waals surface area (Å²) in [4.78, 5) is 0. The molecule has 0 saturated carbocycles. The van der Waals surface area contributed by atoms with Gasteiger partial charge in [0.05, 0.1) is 6.10 Å². The second kappa shape index (κ2) is 6.68. The minimum absolute atomic E-state index is 0.360. The van der Waals surface area contributed by atoms with Gasteiger partial charge in [-0.1, -0.05) is 0 Å². The molecule has 0 radical (unpaired) electrons. The standard InChI is InChI=1S/C10H21NOS/c1-3-12-9(2)6-11-7-10-4-5-13-8-10/h9-11H,3-8H2,1-2H3. The number of hydrogen-bond acceptors (Lipinski definition) is 3. The topological polar surface area (TPSA) is 21.3 Å². The molecule has 0 aliphatic carbocycles. The fourth-order valence-electron chi connectivity index (χ4n) is 1.58. The van der Waals surface area contributed by atoms with Gasteiger partial charge in [0.25, 0.3) is 0 Å². The predicted octanol–water partition coefficient (Wildman–Crippen LogP) is 1.75. The zero-order chi connectivity index (χ0) is 9.52. The van der Waals surface area contributed by atoms with Crippen LogP contribution in [0.1, 0.15) is 20.3 Å². The highest BCUT2D eigenvalue weighted by atomic mass is 32.2. The van der Waals surface area contributed by atoms with Crippen molar-refractivity contribution in [1.29, 1.82) is 0 Å². The highest BCUT2D eigenvalue weighted by Gasteiger charge is 2.14. The smallest absolute Gasteiger partial charge is 0.0671 e. The van der Waals surface area contributed by atoms with Crippen LogP contribution in [0.3, 0.4) is 0 Å². The highest BCUT2D eigenvalue weighted by Crippen LogP contribution is 2.22. The van der Waals surface area contributed by atoms with Crippen molar-refractivity contribution in [3.05, 3.63) is 0 Å². The van der Waals surface area contributed by atoms with Crippen LogP contribution in [0.15, 0.2) is 0 Å². The summed E-state index contributed by atoms with van der Waals surface area (Å²) < 4.78 is 5.44. The van der Waals surface area contributed by atoms with E-state index in [1.807, 2.05) is 6.92 Å². The second-order valence-electron chi connectivity index (χ2n) is 3.65. The van der Waals surface area contributed by atoms with Crippen LogP contribution in [0.2, 0.25) is 0 Å². The fourth-order valence-corrected chi connectivity index (χ4v) is 2.86.